The maximum atomic E-state index is 12.8. The average molecular weight is 374 g/mol. The molecule has 4 rings (SSSR count). The van der Waals surface area contributed by atoms with E-state index in [0.717, 1.165) is 21.4 Å². The maximum absolute atomic E-state index is 12.8. The first-order chi connectivity index (χ1) is 11.2. The van der Waals surface area contributed by atoms with Crippen LogP contribution in [0.3, 0.4) is 0 Å². The zero-order valence-corrected chi connectivity index (χ0v) is 14.0. The molecule has 23 heavy (non-hydrogen) atoms. The Labute approximate surface area is 141 Å². The first-order valence-corrected chi connectivity index (χ1v) is 8.08. The second-order valence-electron chi connectivity index (χ2n) is 5.37. The highest BCUT2D eigenvalue weighted by Crippen LogP contribution is 2.37. The van der Waals surface area contributed by atoms with Gasteiger partial charge in [-0.1, -0.05) is 6.07 Å². The fourth-order valence-electron chi connectivity index (χ4n) is 3.09. The van der Waals surface area contributed by atoms with Crippen LogP contribution in [0.15, 0.2) is 52.6 Å². The van der Waals surface area contributed by atoms with Gasteiger partial charge in [0.2, 0.25) is 0 Å². The largest absolute Gasteiger partial charge is 0.527 e. The number of hydrogen-bond acceptors (Lipinski definition) is 4. The Balaban J connectivity index is 2.02. The zero-order chi connectivity index (χ0) is 16.0. The molecular formula is C16H14BrN4O2+. The van der Waals surface area contributed by atoms with Crippen LogP contribution in [0.2, 0.25) is 0 Å². The summed E-state index contributed by atoms with van der Waals surface area (Å²) in [5.41, 5.74) is 2.74. The van der Waals surface area contributed by atoms with Crippen molar-refractivity contribution >= 4 is 27.9 Å². The monoisotopic (exact) mass is 373 g/mol. The third-order valence-electron chi connectivity index (χ3n) is 4.08. The summed E-state index contributed by atoms with van der Waals surface area (Å²) < 4.78 is 8.18. The third kappa shape index (κ3) is 1.93. The Bertz CT molecular complexity index is 871. The summed E-state index contributed by atoms with van der Waals surface area (Å²) in [4.78, 5) is 21.5. The number of imidazole rings is 1. The summed E-state index contributed by atoms with van der Waals surface area (Å²) in [6.07, 6.45) is 6.65. The van der Waals surface area contributed by atoms with Crippen molar-refractivity contribution in [2.75, 3.05) is 6.61 Å². The standard InChI is InChI=1S/C16H14BrN4O2/c1-2-23-16(22)21-7-6-19-15(21)12-4-3-5-13(17)14(12)20-10-18-8-11(20)9-21/h3-8,10H,2,9H2,1H3/q+1. The van der Waals surface area contributed by atoms with E-state index >= 15 is 0 Å². The molecular weight excluding hydrogens is 360 g/mol. The van der Waals surface area contributed by atoms with E-state index in [1.807, 2.05) is 22.8 Å². The summed E-state index contributed by atoms with van der Waals surface area (Å²) in [6, 6.07) is 5.87. The van der Waals surface area contributed by atoms with Crippen LogP contribution in [0.4, 0.5) is 4.79 Å². The fraction of sp³-hybridized carbons (Fsp3) is 0.188. The second kappa shape index (κ2) is 5.14. The highest BCUT2D eigenvalue weighted by atomic mass is 79.9. The highest BCUT2D eigenvalue weighted by Gasteiger charge is 2.49. The number of carbonyl (C=O) groups is 1. The first-order valence-electron chi connectivity index (χ1n) is 7.29. The normalized spacial score (nSPS) is 21.0. The van der Waals surface area contributed by atoms with Crippen LogP contribution in [-0.2, 0) is 11.3 Å². The Morgan fingerprint density at radius 1 is 1.48 bits per heavy atom. The van der Waals surface area contributed by atoms with Crippen molar-refractivity contribution < 1.29 is 14.0 Å². The van der Waals surface area contributed by atoms with Crippen molar-refractivity contribution in [1.82, 2.24) is 9.55 Å². The van der Waals surface area contributed by atoms with Crippen molar-refractivity contribution in [1.29, 1.82) is 0 Å². The molecule has 1 amide bonds. The van der Waals surface area contributed by atoms with Gasteiger partial charge in [-0.15, -0.1) is 4.48 Å². The van der Waals surface area contributed by atoms with Crippen molar-refractivity contribution in [2.45, 2.75) is 13.5 Å². The van der Waals surface area contributed by atoms with Gasteiger partial charge < -0.3 is 4.74 Å². The van der Waals surface area contributed by atoms with E-state index in [2.05, 4.69) is 25.9 Å². The van der Waals surface area contributed by atoms with Gasteiger partial charge in [0.25, 0.3) is 5.84 Å². The van der Waals surface area contributed by atoms with E-state index in [4.69, 9.17) is 4.74 Å². The number of para-hydroxylation sites is 1. The highest BCUT2D eigenvalue weighted by molar-refractivity contribution is 9.10. The SMILES string of the molecule is CCOC(=O)[N+]12C=CN=C1c1cccc(Br)c1-n1cncc1C2. The molecule has 0 spiro atoms. The number of benzene rings is 1. The molecule has 1 unspecified atom stereocenters. The number of amidine groups is 1. The van der Waals surface area contributed by atoms with Gasteiger partial charge in [-0.25, -0.2) is 4.98 Å². The van der Waals surface area contributed by atoms with Gasteiger partial charge in [0, 0.05) is 4.47 Å². The minimum atomic E-state index is -0.333. The molecule has 2 aliphatic rings. The Hall–Kier alpha value is -2.25. The number of amides is 1. The maximum Gasteiger partial charge on any atom is 0.527 e. The quantitative estimate of drug-likeness (QED) is 0.720. The third-order valence-corrected chi connectivity index (χ3v) is 4.72. The van der Waals surface area contributed by atoms with Crippen LogP contribution in [-0.4, -0.2) is 32.6 Å². The molecule has 0 N–H and O–H groups in total. The summed E-state index contributed by atoms with van der Waals surface area (Å²) in [5, 5.41) is 0. The molecule has 2 aliphatic heterocycles. The summed E-state index contributed by atoms with van der Waals surface area (Å²) in [7, 11) is 0. The molecule has 0 saturated heterocycles. The van der Waals surface area contributed by atoms with Gasteiger partial charge in [-0.05, 0) is 35.0 Å². The molecule has 3 heterocycles. The number of fused-ring (bicyclic) bond motifs is 5. The first kappa shape index (κ1) is 14.3. The zero-order valence-electron chi connectivity index (χ0n) is 12.4. The van der Waals surface area contributed by atoms with E-state index < -0.39 is 0 Å². The van der Waals surface area contributed by atoms with Gasteiger partial charge in [-0.3, -0.25) is 4.57 Å². The number of nitrogens with zero attached hydrogens (tertiary/aromatic N) is 4. The number of carbonyl (C=O) groups excluding carboxylic acids is 1. The number of rotatable bonds is 1. The molecule has 1 atom stereocenters. The van der Waals surface area contributed by atoms with E-state index in [1.165, 1.54) is 0 Å². The molecule has 7 heteroatoms. The summed E-state index contributed by atoms with van der Waals surface area (Å²) in [5.74, 6) is 0.670. The number of aromatic nitrogens is 2. The van der Waals surface area contributed by atoms with Crippen LogP contribution >= 0.6 is 15.9 Å². The lowest BCUT2D eigenvalue weighted by Gasteiger charge is -2.26. The lowest BCUT2D eigenvalue weighted by Crippen LogP contribution is -2.50. The number of aliphatic imine (C=N–C) groups is 1. The molecule has 0 radical (unpaired) electrons. The van der Waals surface area contributed by atoms with E-state index in [1.54, 1.807) is 31.8 Å². The van der Waals surface area contributed by atoms with Crippen LogP contribution in [0, 0.1) is 0 Å². The van der Waals surface area contributed by atoms with Crippen molar-refractivity contribution in [3.63, 3.8) is 0 Å². The van der Waals surface area contributed by atoms with Crippen LogP contribution in [0.1, 0.15) is 18.2 Å². The number of hydrogen-bond donors (Lipinski definition) is 0. The van der Waals surface area contributed by atoms with Crippen LogP contribution in [0.5, 0.6) is 0 Å². The van der Waals surface area contributed by atoms with E-state index in [9.17, 15) is 4.79 Å². The van der Waals surface area contributed by atoms with Gasteiger partial charge in [0.05, 0.1) is 42.3 Å². The summed E-state index contributed by atoms with van der Waals surface area (Å²) in [6.45, 7) is 2.54. The number of halogens is 1. The predicted octanol–water partition coefficient (Wildman–Crippen LogP) is 3.35. The van der Waals surface area contributed by atoms with E-state index in [0.29, 0.717) is 19.0 Å². The van der Waals surface area contributed by atoms with Gasteiger partial charge in [-0.2, -0.15) is 9.79 Å². The minimum absolute atomic E-state index is 0.0804. The predicted molar refractivity (Wildman–Crippen MR) is 87.9 cm³/mol. The van der Waals surface area contributed by atoms with Gasteiger partial charge >= 0.3 is 6.09 Å². The van der Waals surface area contributed by atoms with Crippen LogP contribution < -0.4 is 0 Å². The smallest absolute Gasteiger partial charge is 0.420 e. The number of ether oxygens (including phenoxy) is 1. The Morgan fingerprint density at radius 3 is 3.17 bits per heavy atom. The molecule has 0 bridgehead atoms. The van der Waals surface area contributed by atoms with Gasteiger partial charge in [0.1, 0.15) is 12.7 Å². The average Bonchev–Trinajstić information content (AvgIpc) is 3.14. The molecule has 2 aromatic rings. The van der Waals surface area contributed by atoms with Crippen LogP contribution in [0.25, 0.3) is 5.69 Å². The number of quaternary nitrogens is 1. The molecule has 0 fully saturated rings. The molecule has 6 nitrogen and oxygen atoms in total. The molecule has 1 aromatic carbocycles. The van der Waals surface area contributed by atoms with Gasteiger partial charge in [0.15, 0.2) is 0 Å². The topological polar surface area (TPSA) is 56.5 Å². The Morgan fingerprint density at radius 2 is 2.35 bits per heavy atom. The lowest BCUT2D eigenvalue weighted by molar-refractivity contribution is -0.723. The lowest BCUT2D eigenvalue weighted by atomic mass is 10.1. The molecule has 1 aromatic heterocycles. The molecule has 0 aliphatic carbocycles. The Kier molecular flexibility index (Phi) is 3.21. The van der Waals surface area contributed by atoms with E-state index in [-0.39, 0.29) is 10.6 Å². The molecule has 0 saturated carbocycles. The summed E-state index contributed by atoms with van der Waals surface area (Å²) >= 11 is 3.61. The minimum Gasteiger partial charge on any atom is -0.420 e. The van der Waals surface area contributed by atoms with Crippen molar-refractivity contribution in [2.24, 2.45) is 4.99 Å². The second-order valence-corrected chi connectivity index (χ2v) is 6.22. The fourth-order valence-corrected chi connectivity index (χ4v) is 3.65. The van der Waals surface area contributed by atoms with Crippen molar-refractivity contribution in [3.05, 3.63) is 58.9 Å². The van der Waals surface area contributed by atoms with Crippen molar-refractivity contribution in [3.8, 4) is 5.69 Å². The molecule has 116 valence electrons.